The van der Waals surface area contributed by atoms with Gasteiger partial charge in [0, 0.05) is 0 Å². The molecule has 100 valence electrons. The van der Waals surface area contributed by atoms with Crippen LogP contribution in [0.25, 0.3) is 0 Å². The average Bonchev–Trinajstić information content (AvgIpc) is 2.86. The number of carbonyl (C=O) groups is 1. The van der Waals surface area contributed by atoms with Gasteiger partial charge in [0.25, 0.3) is 0 Å². The molecule has 2 bridgehead atoms. The molecular weight excluding hydrogens is 303 g/mol. The Morgan fingerprint density at radius 3 is 2.74 bits per heavy atom. The van der Waals surface area contributed by atoms with E-state index in [0.29, 0.717) is 5.78 Å². The number of Topliss-reactive ketones (excluding diaryl/α,β-unsaturated/α-hetero) is 1. The van der Waals surface area contributed by atoms with E-state index in [1.165, 1.54) is 5.56 Å². The fourth-order valence-electron chi connectivity index (χ4n) is 2.77. The molecule has 1 saturated heterocycles. The van der Waals surface area contributed by atoms with Gasteiger partial charge < -0.3 is 0 Å². The van der Waals surface area contributed by atoms with Crippen LogP contribution in [-0.2, 0) is 14.9 Å². The predicted molar refractivity (Wildman–Crippen MR) is 76.0 cm³/mol. The first-order valence-electron chi connectivity index (χ1n) is 6.71. The molecule has 2 nitrogen and oxygen atoms in total. The summed E-state index contributed by atoms with van der Waals surface area (Å²) in [5, 5.41) is 1.01. The molecule has 0 N–H and O–H groups in total. The molecule has 0 radical (unpaired) electrons. The average molecular weight is 321 g/mol. The summed E-state index contributed by atoms with van der Waals surface area (Å²) in [6, 6.07) is 10.5. The number of fused-ring (bicyclic) bond motifs is 2. The summed E-state index contributed by atoms with van der Waals surface area (Å²) in [4.78, 5) is 12.3. The molecule has 0 unspecified atom stereocenters. The van der Waals surface area contributed by atoms with Crippen LogP contribution in [0.4, 0.5) is 0 Å². The van der Waals surface area contributed by atoms with Gasteiger partial charge >= 0.3 is 120 Å². The second kappa shape index (κ2) is 4.90. The van der Waals surface area contributed by atoms with Crippen molar-refractivity contribution in [1.29, 1.82) is 0 Å². The van der Waals surface area contributed by atoms with Crippen LogP contribution < -0.4 is 0 Å². The molecule has 2 aliphatic rings. The van der Waals surface area contributed by atoms with Gasteiger partial charge in [0.1, 0.15) is 0 Å². The number of hydrogen-bond acceptors (Lipinski definition) is 2. The molecule has 1 aromatic carbocycles. The van der Waals surface area contributed by atoms with Crippen LogP contribution in [0.5, 0.6) is 0 Å². The van der Waals surface area contributed by atoms with Gasteiger partial charge in [0.15, 0.2) is 0 Å². The number of hydrogen-bond donors (Lipinski definition) is 0. The molecule has 3 heteroatoms. The van der Waals surface area contributed by atoms with Gasteiger partial charge in [-0.1, -0.05) is 0 Å². The first kappa shape index (κ1) is 13.1. The van der Waals surface area contributed by atoms with Crippen molar-refractivity contribution in [3.8, 4) is 0 Å². The Labute approximate surface area is 120 Å². The molecule has 0 aromatic heterocycles. The van der Waals surface area contributed by atoms with E-state index in [1.807, 2.05) is 19.9 Å². The van der Waals surface area contributed by atoms with Crippen LogP contribution in [0, 0.1) is 11.8 Å². The maximum absolute atomic E-state index is 12.3. The number of benzene rings is 1. The second-order valence-electron chi connectivity index (χ2n) is 5.35. The van der Waals surface area contributed by atoms with Crippen molar-refractivity contribution in [2.24, 2.45) is 11.8 Å². The van der Waals surface area contributed by atoms with Crippen molar-refractivity contribution < 1.29 is 9.53 Å². The minimum absolute atomic E-state index is 0.00125. The van der Waals surface area contributed by atoms with Gasteiger partial charge in [-0.25, -0.2) is 0 Å². The zero-order valence-corrected chi connectivity index (χ0v) is 12.9. The Morgan fingerprint density at radius 2 is 2.00 bits per heavy atom. The Hall–Kier alpha value is -0.891. The number of ether oxygens (including phenoxy) is 1. The maximum atomic E-state index is 12.3. The van der Waals surface area contributed by atoms with E-state index in [2.05, 4.69) is 36.4 Å². The fourth-order valence-corrected chi connectivity index (χ4v) is 5.50. The third-order valence-corrected chi connectivity index (χ3v) is 7.30. The Balaban J connectivity index is 1.77. The van der Waals surface area contributed by atoms with Crippen molar-refractivity contribution in [2.75, 3.05) is 0 Å². The van der Waals surface area contributed by atoms with E-state index >= 15 is 0 Å². The zero-order valence-electron chi connectivity index (χ0n) is 11.2. The first-order valence-corrected chi connectivity index (χ1v) is 8.78. The van der Waals surface area contributed by atoms with E-state index < -0.39 is 0 Å². The van der Waals surface area contributed by atoms with E-state index in [-0.39, 0.29) is 37.4 Å². The molecule has 19 heavy (non-hydrogen) atoms. The summed E-state index contributed by atoms with van der Waals surface area (Å²) < 4.78 is 5.89. The molecule has 2 aliphatic heterocycles. The van der Waals surface area contributed by atoms with Gasteiger partial charge in [-0.15, -0.1) is 0 Å². The van der Waals surface area contributed by atoms with Crippen LogP contribution in [0.1, 0.15) is 19.4 Å². The van der Waals surface area contributed by atoms with Gasteiger partial charge in [0.2, 0.25) is 0 Å². The molecule has 3 rings (SSSR count). The summed E-state index contributed by atoms with van der Waals surface area (Å²) in [5.41, 5.74) is 1.33. The van der Waals surface area contributed by atoms with Crippen LogP contribution in [-0.4, -0.2) is 31.3 Å². The summed E-state index contributed by atoms with van der Waals surface area (Å²) in [7, 11) is 0. The van der Waals surface area contributed by atoms with Crippen LogP contribution in [0.3, 0.4) is 0 Å². The SMILES string of the molecule is C[C@@H]1C(=O)[C@H](C)[C@@H]2C=C[C@]1([Se]Cc1ccccc1)O2. The minimum atomic E-state index is -0.308. The van der Waals surface area contributed by atoms with Crippen LogP contribution >= 0.6 is 0 Å². The fraction of sp³-hybridized carbons (Fsp3) is 0.438. The number of rotatable bonds is 3. The Morgan fingerprint density at radius 1 is 1.26 bits per heavy atom. The molecule has 0 spiro atoms. The van der Waals surface area contributed by atoms with Gasteiger partial charge in [0.05, 0.1) is 0 Å². The topological polar surface area (TPSA) is 26.3 Å². The van der Waals surface area contributed by atoms with Gasteiger partial charge in [-0.2, -0.15) is 0 Å². The summed E-state index contributed by atoms with van der Waals surface area (Å²) in [5.74, 6) is 0.354. The molecule has 0 saturated carbocycles. The zero-order chi connectivity index (χ0) is 13.5. The molecule has 1 fully saturated rings. The standard InChI is InChI=1S/C16H18O2Se/c1-11-14-8-9-16(18-14,12(2)15(11)17)19-10-13-6-4-3-5-7-13/h3-9,11-12,14H,10H2,1-2H3/t11-,12-,14+,16-/m1/s1. The van der Waals surface area contributed by atoms with E-state index in [4.69, 9.17) is 4.74 Å². The first-order chi connectivity index (χ1) is 9.12. The van der Waals surface area contributed by atoms with Crippen LogP contribution in [0.2, 0.25) is 0 Å². The van der Waals surface area contributed by atoms with Gasteiger partial charge in [-0.3, -0.25) is 0 Å². The predicted octanol–water partition coefficient (Wildman–Crippen LogP) is 2.40. The van der Waals surface area contributed by atoms with E-state index in [0.717, 1.165) is 5.32 Å². The number of carbonyl (C=O) groups excluding carboxylic acids is 1. The van der Waals surface area contributed by atoms with E-state index in [9.17, 15) is 4.79 Å². The number of ketones is 1. The third kappa shape index (κ3) is 2.20. The van der Waals surface area contributed by atoms with Crippen molar-refractivity contribution in [3.05, 3.63) is 48.0 Å². The molecule has 0 aliphatic carbocycles. The molecule has 2 heterocycles. The Bertz CT molecular complexity index is 511. The third-order valence-electron chi connectivity index (χ3n) is 4.12. The normalized spacial score (nSPS) is 36.7. The second-order valence-corrected chi connectivity index (χ2v) is 7.90. The monoisotopic (exact) mass is 322 g/mol. The van der Waals surface area contributed by atoms with Crippen molar-refractivity contribution in [3.63, 3.8) is 0 Å². The molecule has 4 atom stereocenters. The quantitative estimate of drug-likeness (QED) is 0.631. The van der Waals surface area contributed by atoms with Crippen molar-refractivity contribution in [1.82, 2.24) is 0 Å². The van der Waals surface area contributed by atoms with Gasteiger partial charge in [-0.05, 0) is 0 Å². The summed E-state index contributed by atoms with van der Waals surface area (Å²) in [6.45, 7) is 4.00. The van der Waals surface area contributed by atoms with Crippen molar-refractivity contribution in [2.45, 2.75) is 29.8 Å². The molecule has 0 amide bonds. The Kier molecular flexibility index (Phi) is 3.38. The molecular formula is C16H18O2Se. The summed E-state index contributed by atoms with van der Waals surface area (Å²) >= 11 is 0.245. The van der Waals surface area contributed by atoms with Crippen LogP contribution in [0.15, 0.2) is 42.5 Å². The van der Waals surface area contributed by atoms with Crippen molar-refractivity contribution >= 4 is 20.7 Å². The van der Waals surface area contributed by atoms with E-state index in [1.54, 1.807) is 0 Å². The summed E-state index contributed by atoms with van der Waals surface area (Å²) in [6.07, 6.45) is 4.26. The molecule has 1 aromatic rings.